The topological polar surface area (TPSA) is 3.24 Å². The predicted molar refractivity (Wildman–Crippen MR) is 92.6 cm³/mol. The molecule has 0 N–H and O–H groups in total. The second-order valence-electron chi connectivity index (χ2n) is 6.04. The molecule has 0 bridgehead atoms. The minimum atomic E-state index is 0. The van der Waals surface area contributed by atoms with Crippen LogP contribution in [0.2, 0.25) is 10.0 Å². The standard InChI is InChI=1S/C17H19Cl2N.ClH/c1-3-8-20-11(2)14(10-17(20)12-4-5-12)13-6-7-15(18)16(19)9-13;/h1,6-7,9,11-12,14,17H,4-5,8,10H2,2H3;1H. The number of terminal acetylenes is 1. The first kappa shape index (κ1) is 17.0. The van der Waals surface area contributed by atoms with Crippen molar-refractivity contribution in [1.29, 1.82) is 0 Å². The maximum Gasteiger partial charge on any atom is 0.0604 e. The lowest BCUT2D eigenvalue weighted by molar-refractivity contribution is 0.207. The molecule has 1 nitrogen and oxygen atoms in total. The van der Waals surface area contributed by atoms with E-state index in [0.717, 1.165) is 12.5 Å². The molecule has 1 aromatic rings. The molecule has 0 spiro atoms. The lowest BCUT2D eigenvalue weighted by Gasteiger charge is -2.27. The third kappa shape index (κ3) is 3.35. The van der Waals surface area contributed by atoms with Gasteiger partial charge < -0.3 is 0 Å². The Labute approximate surface area is 143 Å². The summed E-state index contributed by atoms with van der Waals surface area (Å²) in [6, 6.07) is 7.14. The highest BCUT2D eigenvalue weighted by Gasteiger charge is 2.45. The Morgan fingerprint density at radius 2 is 2.00 bits per heavy atom. The molecule has 2 aliphatic rings. The van der Waals surface area contributed by atoms with Gasteiger partial charge in [0.05, 0.1) is 16.6 Å². The Hall–Kier alpha value is -0.390. The first-order valence-corrected chi connectivity index (χ1v) is 8.01. The predicted octanol–water partition coefficient (Wildman–Crippen LogP) is 5.00. The maximum absolute atomic E-state index is 6.17. The largest absolute Gasteiger partial charge is 0.286 e. The van der Waals surface area contributed by atoms with E-state index in [-0.39, 0.29) is 12.4 Å². The molecule has 114 valence electrons. The molecule has 3 atom stereocenters. The number of hydrogen-bond acceptors (Lipinski definition) is 1. The van der Waals surface area contributed by atoms with Crippen molar-refractivity contribution in [3.8, 4) is 12.3 Å². The summed E-state index contributed by atoms with van der Waals surface area (Å²) in [5.41, 5.74) is 1.29. The van der Waals surface area contributed by atoms with Crippen molar-refractivity contribution in [2.45, 2.75) is 44.2 Å². The average molecular weight is 345 g/mol. The second-order valence-corrected chi connectivity index (χ2v) is 6.85. The van der Waals surface area contributed by atoms with E-state index in [9.17, 15) is 0 Å². The van der Waals surface area contributed by atoms with Gasteiger partial charge in [0, 0.05) is 18.0 Å². The molecule has 2 fully saturated rings. The van der Waals surface area contributed by atoms with Gasteiger partial charge in [-0.05, 0) is 49.8 Å². The van der Waals surface area contributed by atoms with E-state index in [1.807, 2.05) is 12.1 Å². The third-order valence-corrected chi connectivity index (χ3v) is 5.58. The molecule has 0 aromatic heterocycles. The van der Waals surface area contributed by atoms with Gasteiger partial charge in [-0.2, -0.15) is 0 Å². The van der Waals surface area contributed by atoms with Crippen molar-refractivity contribution in [1.82, 2.24) is 4.90 Å². The van der Waals surface area contributed by atoms with E-state index in [4.69, 9.17) is 29.6 Å². The number of nitrogens with zero attached hydrogens (tertiary/aromatic N) is 1. The van der Waals surface area contributed by atoms with Crippen molar-refractivity contribution in [2.24, 2.45) is 5.92 Å². The minimum absolute atomic E-state index is 0. The number of benzene rings is 1. The van der Waals surface area contributed by atoms with Gasteiger partial charge in [-0.15, -0.1) is 18.8 Å². The lowest BCUT2D eigenvalue weighted by atomic mass is 9.91. The fourth-order valence-corrected chi connectivity index (χ4v) is 3.90. The highest BCUT2D eigenvalue weighted by molar-refractivity contribution is 6.42. The molecule has 21 heavy (non-hydrogen) atoms. The minimum Gasteiger partial charge on any atom is -0.286 e. The second kappa shape index (κ2) is 6.80. The van der Waals surface area contributed by atoms with Gasteiger partial charge in [-0.1, -0.05) is 35.2 Å². The van der Waals surface area contributed by atoms with Crippen LogP contribution in [0.15, 0.2) is 18.2 Å². The molecule has 1 heterocycles. The molecule has 1 aliphatic heterocycles. The van der Waals surface area contributed by atoms with Crippen LogP contribution in [0.3, 0.4) is 0 Å². The van der Waals surface area contributed by atoms with Crippen LogP contribution in [-0.2, 0) is 0 Å². The summed E-state index contributed by atoms with van der Waals surface area (Å²) in [5.74, 6) is 4.17. The zero-order chi connectivity index (χ0) is 14.3. The van der Waals surface area contributed by atoms with Crippen molar-refractivity contribution in [3.05, 3.63) is 33.8 Å². The van der Waals surface area contributed by atoms with Crippen molar-refractivity contribution in [2.75, 3.05) is 6.54 Å². The van der Waals surface area contributed by atoms with Crippen molar-refractivity contribution in [3.63, 3.8) is 0 Å². The van der Waals surface area contributed by atoms with Crippen LogP contribution in [0.4, 0.5) is 0 Å². The van der Waals surface area contributed by atoms with Gasteiger partial charge >= 0.3 is 0 Å². The summed E-state index contributed by atoms with van der Waals surface area (Å²) in [6.45, 7) is 3.03. The summed E-state index contributed by atoms with van der Waals surface area (Å²) < 4.78 is 0. The zero-order valence-electron chi connectivity index (χ0n) is 12.1. The highest BCUT2D eigenvalue weighted by atomic mass is 35.5. The normalized spacial score (nSPS) is 29.0. The van der Waals surface area contributed by atoms with Gasteiger partial charge in [0.15, 0.2) is 0 Å². The Morgan fingerprint density at radius 1 is 1.29 bits per heavy atom. The quantitative estimate of drug-likeness (QED) is 0.697. The smallest absolute Gasteiger partial charge is 0.0604 e. The SMILES string of the molecule is C#CCN1C(C)C(c2ccc(Cl)c(Cl)c2)CC1C1CC1.Cl. The van der Waals surface area contributed by atoms with Crippen molar-refractivity contribution >= 4 is 35.6 Å². The molecular weight excluding hydrogens is 325 g/mol. The summed E-state index contributed by atoms with van der Waals surface area (Å²) in [6.07, 6.45) is 9.44. The van der Waals surface area contributed by atoms with E-state index in [2.05, 4.69) is 23.8 Å². The van der Waals surface area contributed by atoms with Gasteiger partial charge in [0.1, 0.15) is 0 Å². The first-order chi connectivity index (χ1) is 9.61. The summed E-state index contributed by atoms with van der Waals surface area (Å²) in [5, 5.41) is 1.27. The van der Waals surface area contributed by atoms with Crippen LogP contribution in [-0.4, -0.2) is 23.5 Å². The Bertz CT molecular complexity index is 547. The Kier molecular flexibility index (Phi) is 5.49. The maximum atomic E-state index is 6.17. The number of hydrogen-bond donors (Lipinski definition) is 0. The molecule has 1 saturated carbocycles. The summed E-state index contributed by atoms with van der Waals surface area (Å²) >= 11 is 12.2. The zero-order valence-corrected chi connectivity index (χ0v) is 14.4. The number of likely N-dealkylation sites (tertiary alicyclic amines) is 1. The van der Waals surface area contributed by atoms with E-state index in [1.165, 1.54) is 24.8 Å². The Morgan fingerprint density at radius 3 is 2.57 bits per heavy atom. The average Bonchev–Trinajstić information content (AvgIpc) is 3.21. The molecule has 1 aliphatic carbocycles. The number of halogens is 3. The molecule has 1 saturated heterocycles. The Balaban J connectivity index is 0.00000161. The molecular formula is C17H20Cl3N. The van der Waals surface area contributed by atoms with Gasteiger partial charge in [0.25, 0.3) is 0 Å². The van der Waals surface area contributed by atoms with Gasteiger partial charge in [0.2, 0.25) is 0 Å². The van der Waals surface area contributed by atoms with E-state index in [1.54, 1.807) is 0 Å². The van der Waals surface area contributed by atoms with Crippen molar-refractivity contribution < 1.29 is 0 Å². The summed E-state index contributed by atoms with van der Waals surface area (Å²) in [4.78, 5) is 2.50. The fourth-order valence-electron chi connectivity index (χ4n) is 3.59. The fraction of sp³-hybridized carbons (Fsp3) is 0.529. The van der Waals surface area contributed by atoms with Crippen LogP contribution in [0.5, 0.6) is 0 Å². The lowest BCUT2D eigenvalue weighted by Crippen LogP contribution is -2.36. The van der Waals surface area contributed by atoms with Crippen LogP contribution < -0.4 is 0 Å². The highest BCUT2D eigenvalue weighted by Crippen LogP contribution is 2.47. The molecule has 4 heteroatoms. The van der Waals surface area contributed by atoms with Crippen LogP contribution in [0.25, 0.3) is 0 Å². The number of rotatable bonds is 3. The van der Waals surface area contributed by atoms with E-state index in [0.29, 0.717) is 28.0 Å². The van der Waals surface area contributed by atoms with Crippen LogP contribution in [0, 0.1) is 18.3 Å². The molecule has 1 aromatic carbocycles. The van der Waals surface area contributed by atoms with Gasteiger partial charge in [-0.3, -0.25) is 4.90 Å². The van der Waals surface area contributed by atoms with Crippen LogP contribution >= 0.6 is 35.6 Å². The van der Waals surface area contributed by atoms with E-state index < -0.39 is 0 Å². The summed E-state index contributed by atoms with van der Waals surface area (Å²) in [7, 11) is 0. The molecule has 0 amide bonds. The monoisotopic (exact) mass is 343 g/mol. The molecule has 3 unspecified atom stereocenters. The third-order valence-electron chi connectivity index (χ3n) is 4.84. The molecule has 0 radical (unpaired) electrons. The van der Waals surface area contributed by atoms with Gasteiger partial charge in [-0.25, -0.2) is 0 Å². The van der Waals surface area contributed by atoms with Crippen LogP contribution in [0.1, 0.15) is 37.7 Å². The first-order valence-electron chi connectivity index (χ1n) is 7.26. The molecule has 3 rings (SSSR count). The van der Waals surface area contributed by atoms with E-state index >= 15 is 0 Å².